The second-order valence-electron chi connectivity index (χ2n) is 4.08. The molecule has 0 saturated heterocycles. The molecule has 0 aliphatic carbocycles. The fourth-order valence-corrected chi connectivity index (χ4v) is 1.68. The van der Waals surface area contributed by atoms with Crippen molar-refractivity contribution in [3.05, 3.63) is 24.0 Å². The van der Waals surface area contributed by atoms with Crippen LogP contribution in [-0.2, 0) is 6.42 Å². The summed E-state index contributed by atoms with van der Waals surface area (Å²) in [5, 5.41) is 3.94. The highest BCUT2D eigenvalue weighted by Gasteiger charge is 2.10. The minimum absolute atomic E-state index is 0.496. The lowest BCUT2D eigenvalue weighted by atomic mass is 10.2. The maximum atomic E-state index is 5.84. The van der Waals surface area contributed by atoms with Crippen LogP contribution in [0.15, 0.2) is 22.7 Å². The molecule has 5 heteroatoms. The van der Waals surface area contributed by atoms with Gasteiger partial charge in [-0.25, -0.2) is 0 Å². The van der Waals surface area contributed by atoms with Gasteiger partial charge in [0.25, 0.3) is 5.89 Å². The largest absolute Gasteiger partial charge is 0.495 e. The highest BCUT2D eigenvalue weighted by molar-refractivity contribution is 5.65. The molecule has 0 aliphatic heterocycles. The maximum absolute atomic E-state index is 5.84. The van der Waals surface area contributed by atoms with Crippen molar-refractivity contribution in [2.45, 2.75) is 26.2 Å². The Morgan fingerprint density at radius 3 is 2.89 bits per heavy atom. The lowest BCUT2D eigenvalue weighted by molar-refractivity contribution is 0.415. The molecule has 5 nitrogen and oxygen atoms in total. The van der Waals surface area contributed by atoms with Crippen LogP contribution in [-0.4, -0.2) is 17.3 Å². The van der Waals surface area contributed by atoms with Crippen molar-refractivity contribution < 1.29 is 9.26 Å². The van der Waals surface area contributed by atoms with Crippen LogP contribution in [0, 0.1) is 0 Å². The van der Waals surface area contributed by atoms with Gasteiger partial charge in [-0.2, -0.15) is 4.98 Å². The number of hydrogen-bond acceptors (Lipinski definition) is 5. The number of aromatic nitrogens is 2. The van der Waals surface area contributed by atoms with Crippen LogP contribution in [0.1, 0.15) is 25.6 Å². The molecule has 2 aromatic rings. The van der Waals surface area contributed by atoms with Gasteiger partial charge in [0.05, 0.1) is 12.8 Å². The predicted octanol–water partition coefficient (Wildman–Crippen LogP) is 2.67. The normalized spacial score (nSPS) is 10.6. The molecule has 0 aliphatic rings. The van der Waals surface area contributed by atoms with Gasteiger partial charge in [-0.3, -0.25) is 0 Å². The summed E-state index contributed by atoms with van der Waals surface area (Å²) in [4.78, 5) is 4.34. The first-order valence-corrected chi connectivity index (χ1v) is 6.01. The van der Waals surface area contributed by atoms with E-state index in [9.17, 15) is 0 Å². The lowest BCUT2D eigenvalue weighted by Gasteiger charge is -2.04. The molecule has 0 bridgehead atoms. The second-order valence-corrected chi connectivity index (χ2v) is 4.08. The monoisotopic (exact) mass is 247 g/mol. The molecule has 1 heterocycles. The third kappa shape index (κ3) is 2.61. The number of nitrogen functional groups attached to an aromatic ring is 1. The average molecular weight is 247 g/mol. The number of anilines is 1. The number of aryl methyl sites for hydroxylation is 1. The summed E-state index contributed by atoms with van der Waals surface area (Å²) in [5.74, 6) is 1.88. The van der Waals surface area contributed by atoms with Crippen LogP contribution in [0.4, 0.5) is 5.69 Å². The highest BCUT2D eigenvalue weighted by Crippen LogP contribution is 2.27. The lowest BCUT2D eigenvalue weighted by Crippen LogP contribution is -1.92. The van der Waals surface area contributed by atoms with E-state index in [4.69, 9.17) is 15.0 Å². The zero-order valence-electron chi connectivity index (χ0n) is 10.6. The number of nitrogens with two attached hydrogens (primary N) is 1. The van der Waals surface area contributed by atoms with Crippen LogP contribution in [0.25, 0.3) is 11.5 Å². The van der Waals surface area contributed by atoms with E-state index in [2.05, 4.69) is 17.1 Å². The Kier molecular flexibility index (Phi) is 3.82. The molecule has 18 heavy (non-hydrogen) atoms. The molecule has 0 fully saturated rings. The third-order valence-corrected chi connectivity index (χ3v) is 2.70. The summed E-state index contributed by atoms with van der Waals surface area (Å²) in [6, 6.07) is 5.42. The predicted molar refractivity (Wildman–Crippen MR) is 69.3 cm³/mol. The van der Waals surface area contributed by atoms with Crippen LogP contribution < -0.4 is 10.5 Å². The van der Waals surface area contributed by atoms with E-state index >= 15 is 0 Å². The van der Waals surface area contributed by atoms with Gasteiger partial charge in [0.2, 0.25) is 0 Å². The van der Waals surface area contributed by atoms with Crippen molar-refractivity contribution in [2.24, 2.45) is 0 Å². The summed E-state index contributed by atoms with van der Waals surface area (Å²) in [6.45, 7) is 2.13. The Labute approximate surface area is 106 Å². The van der Waals surface area contributed by atoms with Crippen molar-refractivity contribution in [3.8, 4) is 17.2 Å². The molecule has 2 N–H and O–H groups in total. The zero-order chi connectivity index (χ0) is 13.0. The fourth-order valence-electron chi connectivity index (χ4n) is 1.68. The smallest absolute Gasteiger partial charge is 0.257 e. The third-order valence-electron chi connectivity index (χ3n) is 2.70. The van der Waals surface area contributed by atoms with Crippen molar-refractivity contribution in [1.29, 1.82) is 0 Å². The quantitative estimate of drug-likeness (QED) is 0.822. The van der Waals surface area contributed by atoms with Crippen LogP contribution in [0.2, 0.25) is 0 Å². The zero-order valence-corrected chi connectivity index (χ0v) is 10.6. The average Bonchev–Trinajstić information content (AvgIpc) is 2.85. The Balaban J connectivity index is 2.20. The summed E-state index contributed by atoms with van der Waals surface area (Å²) in [7, 11) is 1.58. The molecule has 2 rings (SSSR count). The SMILES string of the molecule is CCCCc1noc(-c2ccc(OC)c(N)c2)n1. The minimum atomic E-state index is 0.496. The molecule has 0 unspecified atom stereocenters. The van der Waals surface area contributed by atoms with Crippen LogP contribution in [0.5, 0.6) is 5.75 Å². The molecule has 0 spiro atoms. The number of ether oxygens (including phenoxy) is 1. The van der Waals surface area contributed by atoms with E-state index in [0.29, 0.717) is 17.3 Å². The minimum Gasteiger partial charge on any atom is -0.495 e. The van der Waals surface area contributed by atoms with Crippen LogP contribution in [0.3, 0.4) is 0 Å². The number of benzene rings is 1. The number of hydrogen-bond donors (Lipinski definition) is 1. The van der Waals surface area contributed by atoms with E-state index < -0.39 is 0 Å². The first kappa shape index (κ1) is 12.4. The molecule has 0 amide bonds. The standard InChI is InChI=1S/C13H17N3O2/c1-3-4-5-12-15-13(18-16-12)9-6-7-11(17-2)10(14)8-9/h6-8H,3-5,14H2,1-2H3. The maximum Gasteiger partial charge on any atom is 0.257 e. The van der Waals surface area contributed by atoms with Gasteiger partial charge in [-0.1, -0.05) is 18.5 Å². The van der Waals surface area contributed by atoms with E-state index in [1.165, 1.54) is 0 Å². The molecule has 96 valence electrons. The highest BCUT2D eigenvalue weighted by atomic mass is 16.5. The van der Waals surface area contributed by atoms with Gasteiger partial charge in [0.15, 0.2) is 5.82 Å². The molecule has 0 saturated carbocycles. The van der Waals surface area contributed by atoms with E-state index in [1.54, 1.807) is 19.2 Å². The number of rotatable bonds is 5. The number of methoxy groups -OCH3 is 1. The second kappa shape index (κ2) is 5.53. The van der Waals surface area contributed by atoms with Gasteiger partial charge in [0.1, 0.15) is 5.75 Å². The van der Waals surface area contributed by atoms with Gasteiger partial charge in [-0.15, -0.1) is 0 Å². The van der Waals surface area contributed by atoms with Gasteiger partial charge >= 0.3 is 0 Å². The van der Waals surface area contributed by atoms with E-state index in [1.807, 2.05) is 6.07 Å². The van der Waals surface area contributed by atoms with Crippen molar-refractivity contribution in [3.63, 3.8) is 0 Å². The van der Waals surface area contributed by atoms with Gasteiger partial charge in [-0.05, 0) is 24.6 Å². The molecule has 1 aromatic carbocycles. The molecule has 0 radical (unpaired) electrons. The number of unbranched alkanes of at least 4 members (excludes halogenated alkanes) is 1. The Bertz CT molecular complexity index is 523. The number of nitrogens with zero attached hydrogens (tertiary/aromatic N) is 2. The van der Waals surface area contributed by atoms with E-state index in [-0.39, 0.29) is 0 Å². The first-order chi connectivity index (χ1) is 8.74. The summed E-state index contributed by atoms with van der Waals surface area (Å²) in [6.07, 6.45) is 3.01. The fraction of sp³-hybridized carbons (Fsp3) is 0.385. The van der Waals surface area contributed by atoms with E-state index in [0.717, 1.165) is 30.7 Å². The Morgan fingerprint density at radius 1 is 1.39 bits per heavy atom. The topological polar surface area (TPSA) is 74.2 Å². The summed E-state index contributed by atoms with van der Waals surface area (Å²) in [5.41, 5.74) is 7.21. The van der Waals surface area contributed by atoms with Crippen molar-refractivity contribution in [2.75, 3.05) is 12.8 Å². The van der Waals surface area contributed by atoms with Gasteiger partial charge < -0.3 is 15.0 Å². The Hall–Kier alpha value is -2.04. The molecular weight excluding hydrogens is 230 g/mol. The molecular formula is C13H17N3O2. The summed E-state index contributed by atoms with van der Waals surface area (Å²) >= 11 is 0. The molecule has 0 atom stereocenters. The first-order valence-electron chi connectivity index (χ1n) is 6.01. The van der Waals surface area contributed by atoms with Crippen molar-refractivity contribution in [1.82, 2.24) is 10.1 Å². The Morgan fingerprint density at radius 2 is 2.22 bits per heavy atom. The van der Waals surface area contributed by atoms with Crippen LogP contribution >= 0.6 is 0 Å². The molecule has 1 aromatic heterocycles. The van der Waals surface area contributed by atoms with Crippen molar-refractivity contribution >= 4 is 5.69 Å². The van der Waals surface area contributed by atoms with Gasteiger partial charge in [0, 0.05) is 12.0 Å². The summed E-state index contributed by atoms with van der Waals surface area (Å²) < 4.78 is 10.3.